The number of rotatable bonds is 4. The van der Waals surface area contributed by atoms with Gasteiger partial charge in [0.2, 0.25) is 5.91 Å². The fraction of sp³-hybridized carbons (Fsp3) is 0.600. The molecule has 1 aromatic carbocycles. The van der Waals surface area contributed by atoms with E-state index in [0.717, 1.165) is 12.8 Å². The number of aliphatic hydroxyl groups excluding tert-OH is 1. The van der Waals surface area contributed by atoms with E-state index in [-0.39, 0.29) is 5.91 Å². The lowest BCUT2D eigenvalue weighted by atomic mass is 10.0. The molecule has 2 atom stereocenters. The first-order valence-electron chi connectivity index (χ1n) is 9.60. The molecule has 0 aliphatic carbocycles. The van der Waals surface area contributed by atoms with Crippen LogP contribution in [0.1, 0.15) is 45.3 Å². The van der Waals surface area contributed by atoms with Gasteiger partial charge in [-0.3, -0.25) is 4.79 Å². The lowest BCUT2D eigenvalue weighted by molar-refractivity contribution is -0.135. The maximum atomic E-state index is 13.0. The number of ether oxygens (including phenoxy) is 3. The Kier molecular flexibility index (Phi) is 5.98. The number of hydrogen-bond donors (Lipinski definition) is 2. The van der Waals surface area contributed by atoms with Gasteiger partial charge in [0.25, 0.3) is 0 Å². The lowest BCUT2D eigenvalue weighted by Crippen LogP contribution is -2.52. The highest BCUT2D eigenvalue weighted by atomic mass is 16.6. The molecule has 2 unspecified atom stereocenters. The minimum Gasteiger partial charge on any atom is -0.486 e. The van der Waals surface area contributed by atoms with E-state index in [2.05, 4.69) is 5.32 Å². The first kappa shape index (κ1) is 20.3. The number of carbonyl (C=O) groups is 2. The zero-order valence-corrected chi connectivity index (χ0v) is 16.6. The molecule has 0 radical (unpaired) electrons. The number of likely N-dealkylation sites (tertiary alicyclic amines) is 1. The predicted molar refractivity (Wildman–Crippen MR) is 101 cm³/mol. The summed E-state index contributed by atoms with van der Waals surface area (Å²) in [5.41, 5.74) is -0.259. The Hall–Kier alpha value is -2.48. The number of nitrogens with one attached hydrogen (secondary N) is 1. The monoisotopic (exact) mass is 392 g/mol. The quantitative estimate of drug-likeness (QED) is 0.814. The SMILES string of the molecule is CC(C)(C)OC(=O)NC(C(=O)N1CCCC1)C(O)c1ccc2c(c1)OCCO2. The maximum Gasteiger partial charge on any atom is 0.408 e. The molecule has 8 heteroatoms. The summed E-state index contributed by atoms with van der Waals surface area (Å²) < 4.78 is 16.3. The summed E-state index contributed by atoms with van der Waals surface area (Å²) in [4.78, 5) is 26.9. The van der Waals surface area contributed by atoms with Crippen molar-refractivity contribution in [2.45, 2.75) is 51.4 Å². The molecule has 1 fully saturated rings. The number of fused-ring (bicyclic) bond motifs is 1. The standard InChI is InChI=1S/C20H28N2O6/c1-20(2,3)28-19(25)21-16(18(24)22-8-4-5-9-22)17(23)13-6-7-14-15(12-13)27-11-10-26-14/h6-7,12,16-17,23H,4-5,8-11H2,1-3H3,(H,21,25). The van der Waals surface area contributed by atoms with Crippen molar-refractivity contribution >= 4 is 12.0 Å². The smallest absolute Gasteiger partial charge is 0.408 e. The molecule has 1 aromatic rings. The highest BCUT2D eigenvalue weighted by Crippen LogP contribution is 2.33. The molecule has 28 heavy (non-hydrogen) atoms. The van der Waals surface area contributed by atoms with Crippen LogP contribution in [0.15, 0.2) is 18.2 Å². The fourth-order valence-corrected chi connectivity index (χ4v) is 3.28. The van der Waals surface area contributed by atoms with Crippen LogP contribution in [0.3, 0.4) is 0 Å². The average molecular weight is 392 g/mol. The predicted octanol–water partition coefficient (Wildman–Crippen LogP) is 2.01. The summed E-state index contributed by atoms with van der Waals surface area (Å²) in [5.74, 6) is 0.767. The molecule has 2 aliphatic heterocycles. The zero-order valence-electron chi connectivity index (χ0n) is 16.6. The van der Waals surface area contributed by atoms with Gasteiger partial charge in [-0.2, -0.15) is 0 Å². The van der Waals surface area contributed by atoms with Crippen LogP contribution in [0.25, 0.3) is 0 Å². The Labute approximate surface area is 164 Å². The van der Waals surface area contributed by atoms with Gasteiger partial charge in [0.05, 0.1) is 0 Å². The van der Waals surface area contributed by atoms with Crippen LogP contribution in [0.4, 0.5) is 4.79 Å². The summed E-state index contributed by atoms with van der Waals surface area (Å²) in [6.45, 7) is 7.31. The first-order valence-corrected chi connectivity index (χ1v) is 9.60. The minimum absolute atomic E-state index is 0.328. The van der Waals surface area contributed by atoms with E-state index in [9.17, 15) is 14.7 Å². The first-order chi connectivity index (χ1) is 13.2. The Morgan fingerprint density at radius 3 is 2.43 bits per heavy atom. The Bertz CT molecular complexity index is 724. The summed E-state index contributed by atoms with van der Waals surface area (Å²) >= 11 is 0. The number of hydrogen-bond acceptors (Lipinski definition) is 6. The van der Waals surface area contributed by atoms with Crippen molar-refractivity contribution in [2.75, 3.05) is 26.3 Å². The van der Waals surface area contributed by atoms with Crippen LogP contribution in [-0.2, 0) is 9.53 Å². The molecule has 0 saturated carbocycles. The van der Waals surface area contributed by atoms with Crippen LogP contribution >= 0.6 is 0 Å². The van der Waals surface area contributed by atoms with Gasteiger partial charge in [-0.1, -0.05) is 6.07 Å². The van der Waals surface area contributed by atoms with Crippen LogP contribution in [0, 0.1) is 0 Å². The van der Waals surface area contributed by atoms with Crippen molar-refractivity contribution in [2.24, 2.45) is 0 Å². The van der Waals surface area contributed by atoms with Gasteiger partial charge < -0.3 is 29.5 Å². The molecule has 3 rings (SSSR count). The Morgan fingerprint density at radius 2 is 1.79 bits per heavy atom. The molecule has 154 valence electrons. The number of carbonyl (C=O) groups excluding carboxylic acids is 2. The van der Waals surface area contributed by atoms with Crippen LogP contribution < -0.4 is 14.8 Å². The number of nitrogens with zero attached hydrogens (tertiary/aromatic N) is 1. The number of alkyl carbamates (subject to hydrolysis) is 1. The Balaban J connectivity index is 1.82. The van der Waals surface area contributed by atoms with Crippen molar-refractivity contribution in [1.82, 2.24) is 10.2 Å². The van der Waals surface area contributed by atoms with Crippen LogP contribution in [-0.4, -0.2) is 60.0 Å². The van der Waals surface area contributed by atoms with Crippen molar-refractivity contribution < 1.29 is 28.9 Å². The van der Waals surface area contributed by atoms with E-state index in [1.165, 1.54) is 0 Å². The van der Waals surface area contributed by atoms with E-state index in [1.54, 1.807) is 43.9 Å². The molecule has 1 saturated heterocycles. The summed E-state index contributed by atoms with van der Waals surface area (Å²) in [7, 11) is 0. The molecule has 2 amide bonds. The van der Waals surface area contributed by atoms with Gasteiger partial charge in [0.15, 0.2) is 11.5 Å². The van der Waals surface area contributed by atoms with Crippen LogP contribution in [0.2, 0.25) is 0 Å². The van der Waals surface area contributed by atoms with Crippen molar-refractivity contribution in [3.8, 4) is 11.5 Å². The molecule has 0 bridgehead atoms. The van der Waals surface area contributed by atoms with E-state index in [0.29, 0.717) is 43.4 Å². The minimum atomic E-state index is -1.25. The number of benzene rings is 1. The summed E-state index contributed by atoms with van der Waals surface area (Å²) in [6, 6.07) is 3.84. The normalized spacial score (nSPS) is 18.4. The molecule has 0 aromatic heterocycles. The maximum absolute atomic E-state index is 13.0. The molecule has 2 heterocycles. The summed E-state index contributed by atoms with van der Waals surface area (Å²) in [6.07, 6.45) is -0.186. The van der Waals surface area contributed by atoms with Gasteiger partial charge in [0.1, 0.15) is 31.0 Å². The second-order valence-corrected chi connectivity index (χ2v) is 8.00. The van der Waals surface area contributed by atoms with Gasteiger partial charge in [-0.15, -0.1) is 0 Å². The third-order valence-electron chi connectivity index (χ3n) is 4.58. The van der Waals surface area contributed by atoms with E-state index < -0.39 is 23.8 Å². The zero-order chi connectivity index (χ0) is 20.3. The third-order valence-corrected chi connectivity index (χ3v) is 4.58. The largest absolute Gasteiger partial charge is 0.486 e. The van der Waals surface area contributed by atoms with Gasteiger partial charge >= 0.3 is 6.09 Å². The topological polar surface area (TPSA) is 97.3 Å². The molecule has 2 aliphatic rings. The van der Waals surface area contributed by atoms with Gasteiger partial charge in [-0.25, -0.2) is 4.79 Å². The summed E-state index contributed by atoms with van der Waals surface area (Å²) in [5, 5.41) is 13.5. The van der Waals surface area contributed by atoms with Gasteiger partial charge in [-0.05, 0) is 51.3 Å². The Morgan fingerprint density at radius 1 is 1.14 bits per heavy atom. The van der Waals surface area contributed by atoms with Crippen LogP contribution in [0.5, 0.6) is 11.5 Å². The molecular formula is C20H28N2O6. The lowest BCUT2D eigenvalue weighted by Gasteiger charge is -2.29. The number of aliphatic hydroxyl groups is 1. The second kappa shape index (κ2) is 8.26. The van der Waals surface area contributed by atoms with Crippen molar-refractivity contribution in [3.05, 3.63) is 23.8 Å². The highest BCUT2D eigenvalue weighted by Gasteiger charge is 2.35. The molecule has 2 N–H and O–H groups in total. The van der Waals surface area contributed by atoms with Crippen molar-refractivity contribution in [3.63, 3.8) is 0 Å². The molecule has 8 nitrogen and oxygen atoms in total. The third kappa shape index (κ3) is 4.86. The number of amides is 2. The average Bonchev–Trinajstić information content (AvgIpc) is 3.18. The van der Waals surface area contributed by atoms with E-state index in [4.69, 9.17) is 14.2 Å². The molecular weight excluding hydrogens is 364 g/mol. The molecule has 0 spiro atoms. The highest BCUT2D eigenvalue weighted by molar-refractivity contribution is 5.86. The van der Waals surface area contributed by atoms with E-state index >= 15 is 0 Å². The fourth-order valence-electron chi connectivity index (χ4n) is 3.28. The van der Waals surface area contributed by atoms with Crippen molar-refractivity contribution in [1.29, 1.82) is 0 Å². The van der Waals surface area contributed by atoms with E-state index in [1.807, 2.05) is 0 Å². The van der Waals surface area contributed by atoms with Gasteiger partial charge in [0, 0.05) is 13.1 Å². The second-order valence-electron chi connectivity index (χ2n) is 8.00.